The second-order valence-electron chi connectivity index (χ2n) is 7.12. The van der Waals surface area contributed by atoms with Gasteiger partial charge in [0.1, 0.15) is 6.61 Å². The monoisotopic (exact) mass is 409 g/mol. The number of hydrogen-bond donors (Lipinski definition) is 1. The van der Waals surface area contributed by atoms with Crippen LogP contribution in [0.4, 0.5) is 5.82 Å². The summed E-state index contributed by atoms with van der Waals surface area (Å²) < 4.78 is 5.89. The Morgan fingerprint density at radius 2 is 1.45 bits per heavy atom. The maximum atomic E-state index is 13.0. The summed E-state index contributed by atoms with van der Waals surface area (Å²) in [7, 11) is 0. The number of hydrogen-bond acceptors (Lipinski definition) is 4. The van der Waals surface area contributed by atoms with Crippen LogP contribution in [0.5, 0.6) is 5.75 Å². The largest absolute Gasteiger partial charge is 0.485 e. The molecule has 4 aromatic rings. The lowest BCUT2D eigenvalue weighted by molar-refractivity contribution is -0.116. The van der Waals surface area contributed by atoms with Gasteiger partial charge in [0.25, 0.3) is 0 Å². The van der Waals surface area contributed by atoms with Gasteiger partial charge in [-0.05, 0) is 41.0 Å². The molecule has 0 atom stereocenters. The summed E-state index contributed by atoms with van der Waals surface area (Å²) in [5, 5.41) is 2.93. The first-order valence-corrected chi connectivity index (χ1v) is 10.2. The first-order valence-electron chi connectivity index (χ1n) is 10.2. The smallest absolute Gasteiger partial charge is 0.226 e. The Morgan fingerprint density at radius 1 is 0.806 bits per heavy atom. The highest BCUT2D eigenvalue weighted by molar-refractivity contribution is 5.92. The Balaban J connectivity index is 1.48. The quantitative estimate of drug-likeness (QED) is 0.434. The first kappa shape index (κ1) is 20.3. The zero-order valence-electron chi connectivity index (χ0n) is 17.0. The van der Waals surface area contributed by atoms with E-state index in [0.717, 1.165) is 16.7 Å². The number of nitrogens with one attached hydrogen (secondary N) is 1. The summed E-state index contributed by atoms with van der Waals surface area (Å²) in [6.07, 6.45) is 5.38. The highest BCUT2D eigenvalue weighted by Gasteiger charge is 2.19. The van der Waals surface area contributed by atoms with Crippen LogP contribution in [0.2, 0.25) is 0 Å². The van der Waals surface area contributed by atoms with Crippen LogP contribution in [-0.4, -0.2) is 15.9 Å². The molecule has 0 bridgehead atoms. The maximum absolute atomic E-state index is 13.0. The Kier molecular flexibility index (Phi) is 6.65. The molecule has 154 valence electrons. The Labute approximate surface area is 181 Å². The van der Waals surface area contributed by atoms with Gasteiger partial charge in [-0.2, -0.15) is 0 Å². The summed E-state index contributed by atoms with van der Waals surface area (Å²) in [6.45, 7) is 0.369. The van der Waals surface area contributed by atoms with Crippen molar-refractivity contribution < 1.29 is 9.53 Å². The Bertz CT molecular complexity index is 1060. The first-order chi connectivity index (χ1) is 15.3. The van der Waals surface area contributed by atoms with Crippen LogP contribution in [-0.2, 0) is 11.4 Å². The molecule has 0 aliphatic rings. The number of nitrogens with zero attached hydrogens (tertiary/aromatic N) is 2. The van der Waals surface area contributed by atoms with Gasteiger partial charge >= 0.3 is 0 Å². The van der Waals surface area contributed by atoms with Gasteiger partial charge in [-0.25, -0.2) is 4.98 Å². The fraction of sp³-hybridized carbons (Fsp3) is 0.115. The maximum Gasteiger partial charge on any atom is 0.226 e. The van der Waals surface area contributed by atoms with Crippen molar-refractivity contribution in [3.8, 4) is 5.75 Å². The fourth-order valence-electron chi connectivity index (χ4n) is 3.41. The van der Waals surface area contributed by atoms with Crippen molar-refractivity contribution >= 4 is 11.7 Å². The summed E-state index contributed by atoms with van der Waals surface area (Å²) in [6, 6.07) is 27.5. The van der Waals surface area contributed by atoms with Crippen LogP contribution in [0, 0.1) is 0 Å². The molecule has 0 spiro atoms. The minimum Gasteiger partial charge on any atom is -0.485 e. The molecule has 0 unspecified atom stereocenters. The average Bonchev–Trinajstić information content (AvgIpc) is 2.84. The van der Waals surface area contributed by atoms with Crippen molar-refractivity contribution in [1.82, 2.24) is 9.97 Å². The fourth-order valence-corrected chi connectivity index (χ4v) is 3.41. The van der Waals surface area contributed by atoms with Gasteiger partial charge in [0.05, 0.1) is 0 Å². The highest BCUT2D eigenvalue weighted by Crippen LogP contribution is 2.29. The van der Waals surface area contributed by atoms with E-state index in [9.17, 15) is 4.79 Å². The standard InChI is InChI=1S/C26H23N3O2/c30-25(18-23(21-8-3-1-4-9-21)22-10-5-2-6-11-22)29-26-24(12-7-15-28-26)31-19-20-13-16-27-17-14-20/h1-17,23H,18-19H2,(H,28,29,30). The van der Waals surface area contributed by atoms with E-state index in [1.807, 2.05) is 48.5 Å². The normalized spacial score (nSPS) is 10.6. The molecule has 1 N–H and O–H groups in total. The van der Waals surface area contributed by atoms with E-state index in [1.165, 1.54) is 0 Å². The van der Waals surface area contributed by atoms with Gasteiger partial charge in [-0.3, -0.25) is 9.78 Å². The predicted octanol–water partition coefficient (Wildman–Crippen LogP) is 5.22. The van der Waals surface area contributed by atoms with Crippen LogP contribution in [0.25, 0.3) is 0 Å². The van der Waals surface area contributed by atoms with E-state index in [2.05, 4.69) is 39.6 Å². The minimum absolute atomic E-state index is 0.0488. The van der Waals surface area contributed by atoms with Crippen molar-refractivity contribution in [1.29, 1.82) is 0 Å². The number of amides is 1. The third kappa shape index (κ3) is 5.54. The second-order valence-corrected chi connectivity index (χ2v) is 7.12. The van der Waals surface area contributed by atoms with Crippen LogP contribution >= 0.6 is 0 Å². The van der Waals surface area contributed by atoms with Crippen molar-refractivity contribution in [2.24, 2.45) is 0 Å². The van der Waals surface area contributed by atoms with Crippen LogP contribution in [0.15, 0.2) is 104 Å². The number of rotatable bonds is 8. The number of anilines is 1. The summed E-state index contributed by atoms with van der Waals surface area (Å²) in [5.41, 5.74) is 3.18. The summed E-state index contributed by atoms with van der Waals surface area (Å²) >= 11 is 0. The molecule has 31 heavy (non-hydrogen) atoms. The van der Waals surface area contributed by atoms with E-state index in [0.29, 0.717) is 24.6 Å². The number of pyridine rings is 2. The van der Waals surface area contributed by atoms with Crippen molar-refractivity contribution in [2.45, 2.75) is 18.9 Å². The van der Waals surface area contributed by atoms with E-state index < -0.39 is 0 Å². The highest BCUT2D eigenvalue weighted by atomic mass is 16.5. The topological polar surface area (TPSA) is 64.1 Å². The van der Waals surface area contributed by atoms with Gasteiger partial charge < -0.3 is 10.1 Å². The van der Waals surface area contributed by atoms with Gasteiger partial charge in [-0.15, -0.1) is 0 Å². The average molecular weight is 409 g/mol. The molecule has 4 rings (SSSR count). The molecule has 0 saturated heterocycles. The van der Waals surface area contributed by atoms with E-state index in [-0.39, 0.29) is 11.8 Å². The Hall–Kier alpha value is -3.99. The summed E-state index contributed by atoms with van der Waals surface area (Å²) in [5.74, 6) is 0.780. The van der Waals surface area contributed by atoms with Gasteiger partial charge in [-0.1, -0.05) is 60.7 Å². The third-order valence-corrected chi connectivity index (χ3v) is 4.97. The van der Waals surface area contributed by atoms with Crippen LogP contribution < -0.4 is 10.1 Å². The zero-order valence-corrected chi connectivity index (χ0v) is 17.0. The molecule has 0 aliphatic heterocycles. The van der Waals surface area contributed by atoms with Crippen molar-refractivity contribution in [3.63, 3.8) is 0 Å². The SMILES string of the molecule is O=C(CC(c1ccccc1)c1ccccc1)Nc1ncccc1OCc1ccncc1. The summed E-state index contributed by atoms with van der Waals surface area (Å²) in [4.78, 5) is 21.3. The van der Waals surface area contributed by atoms with Gasteiger partial charge in [0.2, 0.25) is 5.91 Å². The number of ether oxygens (including phenoxy) is 1. The number of carbonyl (C=O) groups excluding carboxylic acids is 1. The lowest BCUT2D eigenvalue weighted by Crippen LogP contribution is -2.18. The van der Waals surface area contributed by atoms with Gasteiger partial charge in [0.15, 0.2) is 11.6 Å². The zero-order chi connectivity index (χ0) is 21.3. The van der Waals surface area contributed by atoms with E-state index >= 15 is 0 Å². The van der Waals surface area contributed by atoms with E-state index in [1.54, 1.807) is 30.7 Å². The molecule has 5 nitrogen and oxygen atoms in total. The second kappa shape index (κ2) is 10.2. The van der Waals surface area contributed by atoms with Crippen LogP contribution in [0.1, 0.15) is 29.0 Å². The molecule has 0 aliphatic carbocycles. The molecule has 2 heterocycles. The number of benzene rings is 2. The lowest BCUT2D eigenvalue weighted by atomic mass is 9.88. The van der Waals surface area contributed by atoms with Crippen molar-refractivity contribution in [2.75, 3.05) is 5.32 Å². The minimum atomic E-state index is -0.120. The van der Waals surface area contributed by atoms with Gasteiger partial charge in [0, 0.05) is 30.9 Å². The predicted molar refractivity (Wildman–Crippen MR) is 121 cm³/mol. The molecule has 2 aromatic heterocycles. The molecule has 1 amide bonds. The lowest BCUT2D eigenvalue weighted by Gasteiger charge is -2.18. The molecule has 2 aromatic carbocycles. The number of aromatic nitrogens is 2. The molecular formula is C26H23N3O2. The number of carbonyl (C=O) groups is 1. The molecule has 5 heteroatoms. The third-order valence-electron chi connectivity index (χ3n) is 4.97. The molecule has 0 fully saturated rings. The molecular weight excluding hydrogens is 386 g/mol. The molecule has 0 radical (unpaired) electrons. The molecule has 0 saturated carbocycles. The Morgan fingerprint density at radius 3 is 2.10 bits per heavy atom. The van der Waals surface area contributed by atoms with Crippen molar-refractivity contribution in [3.05, 3.63) is 120 Å². The van der Waals surface area contributed by atoms with E-state index in [4.69, 9.17) is 4.74 Å². The van der Waals surface area contributed by atoms with Crippen LogP contribution in [0.3, 0.4) is 0 Å².